The zero-order chi connectivity index (χ0) is 38.7. The third-order valence-corrected chi connectivity index (χ3v) is 12.7. The lowest BCUT2D eigenvalue weighted by Gasteiger charge is -2.42. The van der Waals surface area contributed by atoms with Gasteiger partial charge in [-0.1, -0.05) is 173 Å². The Labute approximate surface area is 336 Å². The fourth-order valence-corrected chi connectivity index (χ4v) is 9.34. The maximum atomic E-state index is 2.47. The number of anilines is 3. The smallest absolute Gasteiger partial charge is 0.0540 e. The first kappa shape index (κ1) is 35.0. The van der Waals surface area contributed by atoms with E-state index in [4.69, 9.17) is 0 Å². The molecule has 1 heteroatoms. The molecule has 0 aromatic heterocycles. The van der Waals surface area contributed by atoms with Gasteiger partial charge < -0.3 is 4.90 Å². The second kappa shape index (κ2) is 13.6. The summed E-state index contributed by atoms with van der Waals surface area (Å²) < 4.78 is 0. The van der Waals surface area contributed by atoms with E-state index in [1.54, 1.807) is 0 Å². The predicted molar refractivity (Wildman–Crippen MR) is 245 cm³/mol. The van der Waals surface area contributed by atoms with Gasteiger partial charge in [-0.25, -0.2) is 0 Å². The third-order valence-electron chi connectivity index (χ3n) is 12.7. The Bertz CT molecular complexity index is 2950. The van der Waals surface area contributed by atoms with Crippen LogP contribution in [0.2, 0.25) is 0 Å². The van der Waals surface area contributed by atoms with Gasteiger partial charge in [0.2, 0.25) is 0 Å². The van der Waals surface area contributed by atoms with E-state index in [-0.39, 0.29) is 10.8 Å². The largest absolute Gasteiger partial charge is 0.310 e. The minimum atomic E-state index is 0.160. The van der Waals surface area contributed by atoms with E-state index < -0.39 is 0 Å². The molecule has 0 aliphatic heterocycles. The lowest BCUT2D eigenvalue weighted by atomic mass is 9.63. The van der Waals surface area contributed by atoms with Crippen LogP contribution in [0, 0.1) is 0 Å². The summed E-state index contributed by atoms with van der Waals surface area (Å²) in [4.78, 5) is 2.44. The van der Waals surface area contributed by atoms with E-state index in [0.717, 1.165) is 17.1 Å². The Morgan fingerprint density at radius 3 is 1.56 bits per heavy atom. The van der Waals surface area contributed by atoms with Gasteiger partial charge in [-0.05, 0) is 137 Å². The molecular formula is C56H47N. The second-order valence-corrected chi connectivity index (χ2v) is 17.2. The minimum absolute atomic E-state index is 0.160. The summed E-state index contributed by atoms with van der Waals surface area (Å²) in [5.41, 5.74) is 14.1. The van der Waals surface area contributed by atoms with Gasteiger partial charge in [-0.2, -0.15) is 0 Å². The number of para-hydroxylation sites is 1. The van der Waals surface area contributed by atoms with Crippen LogP contribution in [0.25, 0.3) is 65.7 Å². The summed E-state index contributed by atoms with van der Waals surface area (Å²) in [5, 5.41) is 7.56. The molecule has 0 bridgehead atoms. The highest BCUT2D eigenvalue weighted by molar-refractivity contribution is 6.15. The molecule has 1 aliphatic carbocycles. The third kappa shape index (κ3) is 6.19. The molecule has 0 spiro atoms. The quantitative estimate of drug-likeness (QED) is 0.154. The summed E-state index contributed by atoms with van der Waals surface area (Å²) in [7, 11) is 0. The first-order valence-electron chi connectivity index (χ1n) is 20.4. The Morgan fingerprint density at radius 1 is 0.351 bits per heavy atom. The highest BCUT2D eigenvalue weighted by Gasteiger charge is 2.37. The Hall–Kier alpha value is -6.44. The highest BCUT2D eigenvalue weighted by Crippen LogP contribution is 2.48. The molecule has 9 aromatic carbocycles. The minimum Gasteiger partial charge on any atom is -0.310 e. The summed E-state index contributed by atoms with van der Waals surface area (Å²) in [6, 6.07) is 69.7. The molecule has 0 saturated heterocycles. The number of fused-ring (bicyclic) bond motifs is 5. The zero-order valence-corrected chi connectivity index (χ0v) is 33.3. The summed E-state index contributed by atoms with van der Waals surface area (Å²) in [6.45, 7) is 9.62. The van der Waals surface area contributed by atoms with E-state index in [1.807, 2.05) is 0 Å². The zero-order valence-electron chi connectivity index (χ0n) is 33.3. The Balaban J connectivity index is 1.11. The van der Waals surface area contributed by atoms with Crippen molar-refractivity contribution < 1.29 is 0 Å². The van der Waals surface area contributed by atoms with Crippen LogP contribution in [0.4, 0.5) is 17.1 Å². The summed E-state index contributed by atoms with van der Waals surface area (Å²) >= 11 is 0. The van der Waals surface area contributed by atoms with Gasteiger partial charge in [-0.15, -0.1) is 0 Å². The Morgan fingerprint density at radius 2 is 0.860 bits per heavy atom. The van der Waals surface area contributed by atoms with Gasteiger partial charge in [0.1, 0.15) is 0 Å². The molecule has 0 unspecified atom stereocenters. The van der Waals surface area contributed by atoms with Crippen molar-refractivity contribution in [2.75, 3.05) is 4.90 Å². The van der Waals surface area contributed by atoms with Crippen molar-refractivity contribution in [2.24, 2.45) is 0 Å². The maximum absolute atomic E-state index is 2.47. The molecule has 0 amide bonds. The van der Waals surface area contributed by atoms with Crippen molar-refractivity contribution >= 4 is 49.4 Å². The molecule has 0 atom stereocenters. The van der Waals surface area contributed by atoms with Crippen molar-refractivity contribution in [2.45, 2.75) is 51.4 Å². The molecule has 0 N–H and O–H groups in total. The van der Waals surface area contributed by atoms with Crippen LogP contribution in [0.15, 0.2) is 188 Å². The number of benzene rings is 9. The SMILES string of the molecule is CC1(C)CCC(C)(C)c2cc(-c3ccc(N(c4ccc(-c5ccc6ccccc6c5)cc4)c4ccccc4-c4cc5ccccc5c5ccccc45)cc3)ccc21. The van der Waals surface area contributed by atoms with Crippen LogP contribution in [0.3, 0.4) is 0 Å². The number of hydrogen-bond acceptors (Lipinski definition) is 1. The van der Waals surface area contributed by atoms with E-state index >= 15 is 0 Å². The second-order valence-electron chi connectivity index (χ2n) is 17.2. The van der Waals surface area contributed by atoms with Crippen LogP contribution in [-0.4, -0.2) is 0 Å². The number of rotatable bonds is 6. The fraction of sp³-hybridized carbons (Fsp3) is 0.143. The first-order chi connectivity index (χ1) is 27.7. The number of hydrogen-bond donors (Lipinski definition) is 0. The molecule has 1 nitrogen and oxygen atoms in total. The van der Waals surface area contributed by atoms with E-state index in [2.05, 4.69) is 221 Å². The van der Waals surface area contributed by atoms with E-state index in [9.17, 15) is 0 Å². The number of nitrogens with zero attached hydrogens (tertiary/aromatic N) is 1. The van der Waals surface area contributed by atoms with Crippen LogP contribution >= 0.6 is 0 Å². The average Bonchev–Trinajstić information content (AvgIpc) is 3.25. The van der Waals surface area contributed by atoms with Crippen molar-refractivity contribution in [3.8, 4) is 33.4 Å². The van der Waals surface area contributed by atoms with E-state index in [0.29, 0.717) is 0 Å². The fourth-order valence-electron chi connectivity index (χ4n) is 9.34. The lowest BCUT2D eigenvalue weighted by Crippen LogP contribution is -2.33. The van der Waals surface area contributed by atoms with Crippen molar-refractivity contribution in [1.82, 2.24) is 0 Å². The molecule has 0 saturated carbocycles. The lowest BCUT2D eigenvalue weighted by molar-refractivity contribution is 0.332. The molecule has 57 heavy (non-hydrogen) atoms. The van der Waals surface area contributed by atoms with Crippen LogP contribution in [0.5, 0.6) is 0 Å². The predicted octanol–water partition coefficient (Wildman–Crippen LogP) is 16.0. The molecule has 276 valence electrons. The molecule has 0 fully saturated rings. The van der Waals surface area contributed by atoms with Gasteiger partial charge in [0.25, 0.3) is 0 Å². The monoisotopic (exact) mass is 733 g/mol. The van der Waals surface area contributed by atoms with Crippen LogP contribution < -0.4 is 4.90 Å². The Kier molecular flexibility index (Phi) is 8.38. The van der Waals surface area contributed by atoms with E-state index in [1.165, 1.54) is 89.7 Å². The van der Waals surface area contributed by atoms with Gasteiger partial charge in [0, 0.05) is 16.9 Å². The first-order valence-corrected chi connectivity index (χ1v) is 20.4. The highest BCUT2D eigenvalue weighted by atomic mass is 15.1. The van der Waals surface area contributed by atoms with Crippen molar-refractivity contribution in [1.29, 1.82) is 0 Å². The van der Waals surface area contributed by atoms with Gasteiger partial charge in [-0.3, -0.25) is 0 Å². The summed E-state index contributed by atoms with van der Waals surface area (Å²) in [5.74, 6) is 0. The maximum Gasteiger partial charge on any atom is 0.0540 e. The average molecular weight is 734 g/mol. The van der Waals surface area contributed by atoms with Crippen LogP contribution in [0.1, 0.15) is 51.7 Å². The van der Waals surface area contributed by atoms with Gasteiger partial charge in [0.15, 0.2) is 0 Å². The molecular weight excluding hydrogens is 687 g/mol. The molecule has 0 heterocycles. The van der Waals surface area contributed by atoms with Crippen molar-refractivity contribution in [3.05, 3.63) is 199 Å². The van der Waals surface area contributed by atoms with Crippen molar-refractivity contribution in [3.63, 3.8) is 0 Å². The van der Waals surface area contributed by atoms with Gasteiger partial charge >= 0.3 is 0 Å². The normalized spacial score (nSPS) is 14.5. The molecule has 9 aromatic rings. The molecule has 0 radical (unpaired) electrons. The molecule has 1 aliphatic rings. The van der Waals surface area contributed by atoms with Crippen LogP contribution in [-0.2, 0) is 10.8 Å². The standard InChI is InChI=1S/C56H47N/c1-55(2)33-34-56(3,4)53-37-43(27-32-52(53)55)40-25-30-46(31-26-40)57(45-28-23-39(24-29-45)42-22-21-38-13-5-6-14-41(38)35-42)54-20-12-11-19-50(54)51-36-44-15-7-8-16-47(44)48-17-9-10-18-49(48)51/h5-32,35-37H,33-34H2,1-4H3. The van der Waals surface area contributed by atoms with Gasteiger partial charge in [0.05, 0.1) is 5.69 Å². The molecule has 10 rings (SSSR count). The topological polar surface area (TPSA) is 3.24 Å². The summed E-state index contributed by atoms with van der Waals surface area (Å²) in [6.07, 6.45) is 2.42.